The molecular weight excluding hydrogens is 355 g/mol. The first-order valence-electron chi connectivity index (χ1n) is 9.51. The maximum absolute atomic E-state index is 14.0. The molecule has 0 aromatic carbocycles. The number of halogens is 1. The first-order valence-corrected chi connectivity index (χ1v) is 9.51. The van der Waals surface area contributed by atoms with Crippen LogP contribution in [0.25, 0.3) is 28.2 Å². The summed E-state index contributed by atoms with van der Waals surface area (Å²) in [6.07, 6.45) is 9.28. The molecule has 4 aromatic heterocycles. The van der Waals surface area contributed by atoms with Crippen LogP contribution >= 0.6 is 0 Å². The molecule has 5 rings (SSSR count). The first kappa shape index (κ1) is 16.9. The lowest BCUT2D eigenvalue weighted by atomic mass is 10.1. The molecule has 28 heavy (non-hydrogen) atoms. The van der Waals surface area contributed by atoms with Crippen LogP contribution in [-0.4, -0.2) is 36.4 Å². The smallest absolute Gasteiger partial charge is 0.137 e. The second-order valence-corrected chi connectivity index (χ2v) is 7.30. The largest absolute Gasteiger partial charge is 0.364 e. The van der Waals surface area contributed by atoms with E-state index in [1.807, 2.05) is 66.6 Å². The summed E-state index contributed by atoms with van der Waals surface area (Å²) in [5, 5.41) is 7.50. The number of imidazole rings is 1. The number of aryl methyl sites for hydroxylation is 1. The Morgan fingerprint density at radius 3 is 2.79 bits per heavy atom. The first-order chi connectivity index (χ1) is 13.7. The monoisotopic (exact) mass is 376 g/mol. The summed E-state index contributed by atoms with van der Waals surface area (Å²) in [6.45, 7) is 0. The van der Waals surface area contributed by atoms with Gasteiger partial charge in [-0.25, -0.2) is 14.4 Å². The fourth-order valence-corrected chi connectivity index (χ4v) is 3.84. The normalized spacial score (nSPS) is 19.4. The standard InChI is InChI=1S/C21H21FN6/c1-27-12-15(10-24-27)14-8-9-21-23-11-19(28(21)13-14)18-6-3-7-20(26-18)25-17-5-2-4-16(17)22/h3,6-13,16-17H,2,4-5H2,1H3,(H,25,26)/t16-,17-/m1/s1. The van der Waals surface area contributed by atoms with Crippen molar-refractivity contribution in [3.8, 4) is 22.5 Å². The number of hydrogen-bond donors (Lipinski definition) is 1. The van der Waals surface area contributed by atoms with Crippen molar-refractivity contribution in [1.82, 2.24) is 24.1 Å². The van der Waals surface area contributed by atoms with Crippen molar-refractivity contribution in [3.05, 3.63) is 55.1 Å². The second kappa shape index (κ2) is 6.74. The molecule has 6 nitrogen and oxygen atoms in total. The summed E-state index contributed by atoms with van der Waals surface area (Å²) in [4.78, 5) is 9.22. The van der Waals surface area contributed by atoms with Crippen LogP contribution in [0.2, 0.25) is 0 Å². The quantitative estimate of drug-likeness (QED) is 0.583. The van der Waals surface area contributed by atoms with Gasteiger partial charge in [0.2, 0.25) is 0 Å². The molecule has 1 fully saturated rings. The number of hydrogen-bond acceptors (Lipinski definition) is 4. The van der Waals surface area contributed by atoms with Gasteiger partial charge in [-0.15, -0.1) is 0 Å². The van der Waals surface area contributed by atoms with Gasteiger partial charge in [0.15, 0.2) is 0 Å². The van der Waals surface area contributed by atoms with Crippen LogP contribution in [0.15, 0.2) is 55.1 Å². The van der Waals surface area contributed by atoms with E-state index in [9.17, 15) is 4.39 Å². The Morgan fingerprint density at radius 2 is 2.00 bits per heavy atom. The topological polar surface area (TPSA) is 60.0 Å². The zero-order chi connectivity index (χ0) is 19.1. The van der Waals surface area contributed by atoms with Gasteiger partial charge in [-0.1, -0.05) is 6.07 Å². The Hall–Kier alpha value is -3.22. The van der Waals surface area contributed by atoms with Crippen molar-refractivity contribution in [2.75, 3.05) is 5.32 Å². The Balaban J connectivity index is 1.51. The molecular formula is C21H21FN6. The fraction of sp³-hybridized carbons (Fsp3) is 0.286. The number of nitrogens with one attached hydrogen (secondary N) is 1. The predicted molar refractivity (Wildman–Crippen MR) is 107 cm³/mol. The average molecular weight is 376 g/mol. The maximum atomic E-state index is 14.0. The van der Waals surface area contributed by atoms with Crippen LogP contribution in [0.5, 0.6) is 0 Å². The number of fused-ring (bicyclic) bond motifs is 1. The highest BCUT2D eigenvalue weighted by atomic mass is 19.1. The minimum Gasteiger partial charge on any atom is -0.364 e. The molecule has 0 amide bonds. The van der Waals surface area contributed by atoms with E-state index in [4.69, 9.17) is 4.98 Å². The maximum Gasteiger partial charge on any atom is 0.137 e. The summed E-state index contributed by atoms with van der Waals surface area (Å²) in [5.41, 5.74) is 4.65. The van der Waals surface area contributed by atoms with Crippen LogP contribution in [-0.2, 0) is 7.05 Å². The molecule has 4 heterocycles. The third kappa shape index (κ3) is 3.02. The number of rotatable bonds is 4. The molecule has 4 aromatic rings. The second-order valence-electron chi connectivity index (χ2n) is 7.30. The van der Waals surface area contributed by atoms with Gasteiger partial charge >= 0.3 is 0 Å². The summed E-state index contributed by atoms with van der Waals surface area (Å²) in [5.74, 6) is 0.699. The number of pyridine rings is 2. The van der Waals surface area contributed by atoms with Crippen LogP contribution in [0.1, 0.15) is 19.3 Å². The van der Waals surface area contributed by atoms with E-state index in [0.717, 1.165) is 41.0 Å². The van der Waals surface area contributed by atoms with Crippen molar-refractivity contribution in [3.63, 3.8) is 0 Å². The van der Waals surface area contributed by atoms with Gasteiger partial charge in [0.05, 0.1) is 29.8 Å². The van der Waals surface area contributed by atoms with Crippen molar-refractivity contribution in [2.24, 2.45) is 7.05 Å². The highest BCUT2D eigenvalue weighted by molar-refractivity contribution is 5.67. The number of aromatic nitrogens is 5. The molecule has 0 unspecified atom stereocenters. The number of nitrogens with zero attached hydrogens (tertiary/aromatic N) is 5. The van der Waals surface area contributed by atoms with E-state index in [0.29, 0.717) is 12.2 Å². The van der Waals surface area contributed by atoms with Crippen LogP contribution in [0.3, 0.4) is 0 Å². The SMILES string of the molecule is Cn1cc(-c2ccc3ncc(-c4cccc(N[C@@H]5CCC[C@H]5F)n4)n3c2)cn1. The highest BCUT2D eigenvalue weighted by Crippen LogP contribution is 2.27. The van der Waals surface area contributed by atoms with Gasteiger partial charge < -0.3 is 5.32 Å². The summed E-state index contributed by atoms with van der Waals surface area (Å²) in [7, 11) is 1.90. The van der Waals surface area contributed by atoms with Crippen molar-refractivity contribution in [2.45, 2.75) is 31.5 Å². The highest BCUT2D eigenvalue weighted by Gasteiger charge is 2.27. The lowest BCUT2D eigenvalue weighted by Gasteiger charge is -2.16. The molecule has 1 N–H and O–H groups in total. The molecule has 1 saturated carbocycles. The Kier molecular flexibility index (Phi) is 4.07. The summed E-state index contributed by atoms with van der Waals surface area (Å²) in [6, 6.07) is 9.65. The molecule has 7 heteroatoms. The van der Waals surface area contributed by atoms with Gasteiger partial charge in [-0.05, 0) is 43.5 Å². The Bertz CT molecular complexity index is 1130. The van der Waals surface area contributed by atoms with E-state index < -0.39 is 6.17 Å². The Morgan fingerprint density at radius 1 is 1.07 bits per heavy atom. The molecule has 0 radical (unpaired) electrons. The summed E-state index contributed by atoms with van der Waals surface area (Å²) < 4.78 is 17.8. The van der Waals surface area contributed by atoms with Crippen molar-refractivity contribution < 1.29 is 4.39 Å². The molecule has 1 aliphatic rings. The van der Waals surface area contributed by atoms with E-state index in [1.54, 1.807) is 4.68 Å². The van der Waals surface area contributed by atoms with E-state index in [-0.39, 0.29) is 6.04 Å². The van der Waals surface area contributed by atoms with Crippen LogP contribution in [0.4, 0.5) is 10.2 Å². The molecule has 2 atom stereocenters. The van der Waals surface area contributed by atoms with Crippen LogP contribution in [0, 0.1) is 0 Å². The van der Waals surface area contributed by atoms with Gasteiger partial charge in [-0.3, -0.25) is 9.08 Å². The fourth-order valence-electron chi connectivity index (χ4n) is 3.84. The Labute approximate surface area is 162 Å². The van der Waals surface area contributed by atoms with Gasteiger partial charge in [0.25, 0.3) is 0 Å². The summed E-state index contributed by atoms with van der Waals surface area (Å²) >= 11 is 0. The van der Waals surface area contributed by atoms with Gasteiger partial charge in [-0.2, -0.15) is 5.10 Å². The lowest BCUT2D eigenvalue weighted by molar-refractivity contribution is 0.323. The zero-order valence-corrected chi connectivity index (χ0v) is 15.6. The molecule has 0 saturated heterocycles. The van der Waals surface area contributed by atoms with Gasteiger partial charge in [0, 0.05) is 30.6 Å². The molecule has 0 aliphatic heterocycles. The number of alkyl halides is 1. The van der Waals surface area contributed by atoms with E-state index >= 15 is 0 Å². The number of anilines is 1. The minimum atomic E-state index is -0.803. The predicted octanol–water partition coefficient (Wildman–Crippen LogP) is 4.10. The lowest BCUT2D eigenvalue weighted by Crippen LogP contribution is -2.25. The molecule has 142 valence electrons. The van der Waals surface area contributed by atoms with E-state index in [2.05, 4.69) is 15.4 Å². The van der Waals surface area contributed by atoms with Crippen LogP contribution < -0.4 is 5.32 Å². The van der Waals surface area contributed by atoms with Crippen molar-refractivity contribution >= 4 is 11.5 Å². The molecule has 0 bridgehead atoms. The average Bonchev–Trinajstić information content (AvgIpc) is 3.42. The third-order valence-corrected chi connectivity index (χ3v) is 5.32. The molecule has 1 aliphatic carbocycles. The molecule has 0 spiro atoms. The van der Waals surface area contributed by atoms with Gasteiger partial charge in [0.1, 0.15) is 17.6 Å². The van der Waals surface area contributed by atoms with E-state index in [1.165, 1.54) is 0 Å². The third-order valence-electron chi connectivity index (χ3n) is 5.32. The zero-order valence-electron chi connectivity index (χ0n) is 15.6. The minimum absolute atomic E-state index is 0.151. The van der Waals surface area contributed by atoms with Crippen molar-refractivity contribution in [1.29, 1.82) is 0 Å².